The maximum Gasteiger partial charge on any atom is 0.498 e. The van der Waals surface area contributed by atoms with Gasteiger partial charge in [-0.05, 0) is 79.5 Å². The Bertz CT molecular complexity index is 1890. The molecule has 1 amide bonds. The van der Waals surface area contributed by atoms with Crippen molar-refractivity contribution in [3.63, 3.8) is 0 Å². The molecular weight excluding hydrogens is 617 g/mol. The van der Waals surface area contributed by atoms with E-state index in [0.717, 1.165) is 12.8 Å². The van der Waals surface area contributed by atoms with Crippen LogP contribution in [0, 0.1) is 0 Å². The second kappa shape index (κ2) is 11.9. The zero-order chi connectivity index (χ0) is 33.8. The van der Waals surface area contributed by atoms with Gasteiger partial charge < -0.3 is 24.3 Å². The van der Waals surface area contributed by atoms with Crippen molar-refractivity contribution in [3.8, 4) is 11.3 Å². The number of nitrogens with zero attached hydrogens (tertiary/aromatic N) is 4. The lowest BCUT2D eigenvalue weighted by atomic mass is 9.77. The summed E-state index contributed by atoms with van der Waals surface area (Å²) >= 11 is 0. The third-order valence-electron chi connectivity index (χ3n) is 8.96. The van der Waals surface area contributed by atoms with E-state index in [-0.39, 0.29) is 17.0 Å². The molecule has 1 N–H and O–H groups in total. The highest BCUT2D eigenvalue weighted by Gasteiger charge is 2.53. The molecule has 0 saturated carbocycles. The number of amides is 1. The minimum Gasteiger partial charge on any atom is -0.444 e. The monoisotopic (exact) mass is 659 g/mol. The molecule has 2 aliphatic heterocycles. The molecule has 2 saturated heterocycles. The number of para-hydroxylation sites is 1. The summed E-state index contributed by atoms with van der Waals surface area (Å²) in [4.78, 5) is 24.4. The number of piperidine rings is 1. The van der Waals surface area contributed by atoms with Gasteiger partial charge in [-0.15, -0.1) is 0 Å². The average Bonchev–Trinajstić information content (AvgIpc) is 3.50. The van der Waals surface area contributed by atoms with Crippen LogP contribution in [0.5, 0.6) is 0 Å². The summed E-state index contributed by atoms with van der Waals surface area (Å²) in [5.74, 6) is 0.346. The van der Waals surface area contributed by atoms with Crippen molar-refractivity contribution < 1.29 is 27.3 Å². The van der Waals surface area contributed by atoms with E-state index in [1.54, 1.807) is 53.7 Å². The van der Waals surface area contributed by atoms with E-state index in [1.165, 1.54) is 3.97 Å². The van der Waals surface area contributed by atoms with Gasteiger partial charge in [-0.3, -0.25) is 0 Å². The number of nitrogens with one attached hydrogen (secondary N) is 1. The Balaban J connectivity index is 1.43. The fraction of sp³-hybridized carbons (Fsp3) is 0.441. The summed E-state index contributed by atoms with van der Waals surface area (Å²) in [5.41, 5.74) is 0.334. The maximum absolute atomic E-state index is 13.9. The lowest BCUT2D eigenvalue weighted by Gasteiger charge is -2.34. The molecule has 1 atom stereocenters. The van der Waals surface area contributed by atoms with Crippen molar-refractivity contribution in [2.24, 2.45) is 0 Å². The number of likely N-dealkylation sites (tertiary alicyclic amines) is 1. The van der Waals surface area contributed by atoms with Gasteiger partial charge in [-0.1, -0.05) is 36.4 Å². The van der Waals surface area contributed by atoms with Gasteiger partial charge in [0.15, 0.2) is 0 Å². The van der Waals surface area contributed by atoms with E-state index in [9.17, 15) is 13.2 Å². The van der Waals surface area contributed by atoms with Crippen LogP contribution < -0.4 is 10.8 Å². The quantitative estimate of drug-likeness (QED) is 0.269. The molecule has 2 fully saturated rings. The number of fused-ring (bicyclic) bond motifs is 1. The standard InChI is InChI=1S/C34H42BN5O6S/c1-32(2,3)44-31(41)39-19-13-14-23(21-39)37-30-36-20-27(35-45-33(4,5)34(6,7)46-35)29(38-30)26-22-40(28-18-12-11-17-25(26)28)47(42,43)24-15-9-8-10-16-24/h8-12,15-18,20,22-23H,13-14,19,21H2,1-7H3,(H,36,37,38)/t23-/m0/s1. The first-order chi connectivity index (χ1) is 22.1. The summed E-state index contributed by atoms with van der Waals surface area (Å²) in [6.07, 6.45) is 4.54. The Labute approximate surface area is 276 Å². The molecule has 0 unspecified atom stereocenters. The Kier molecular flexibility index (Phi) is 8.38. The summed E-state index contributed by atoms with van der Waals surface area (Å²) in [6, 6.07) is 15.6. The van der Waals surface area contributed by atoms with E-state index < -0.39 is 33.9 Å². The van der Waals surface area contributed by atoms with E-state index in [2.05, 4.69) is 10.3 Å². The number of hydrogen-bond donors (Lipinski definition) is 1. The van der Waals surface area contributed by atoms with Gasteiger partial charge in [0, 0.05) is 47.9 Å². The summed E-state index contributed by atoms with van der Waals surface area (Å²) in [7, 11) is -4.73. The van der Waals surface area contributed by atoms with Crippen molar-refractivity contribution in [3.05, 3.63) is 67.0 Å². The molecule has 0 radical (unpaired) electrons. The van der Waals surface area contributed by atoms with Crippen molar-refractivity contribution in [2.75, 3.05) is 18.4 Å². The fourth-order valence-corrected chi connectivity index (χ4v) is 7.22. The topological polar surface area (TPSA) is 125 Å². The van der Waals surface area contributed by atoms with Gasteiger partial charge >= 0.3 is 13.2 Å². The van der Waals surface area contributed by atoms with Crippen LogP contribution in [0.2, 0.25) is 0 Å². The Morgan fingerprint density at radius 3 is 2.36 bits per heavy atom. The molecular formula is C34H42BN5O6S. The van der Waals surface area contributed by atoms with Crippen LogP contribution >= 0.6 is 0 Å². The Hall–Kier alpha value is -3.94. The van der Waals surface area contributed by atoms with Crippen molar-refractivity contribution in [2.45, 2.75) is 89.0 Å². The molecule has 0 spiro atoms. The van der Waals surface area contributed by atoms with Crippen molar-refractivity contribution >= 4 is 45.5 Å². The van der Waals surface area contributed by atoms with Crippen LogP contribution in [0.4, 0.5) is 10.7 Å². The van der Waals surface area contributed by atoms with Gasteiger partial charge in [-0.2, -0.15) is 0 Å². The normalized spacial score (nSPS) is 19.6. The van der Waals surface area contributed by atoms with Crippen LogP contribution in [-0.4, -0.2) is 76.4 Å². The molecule has 248 valence electrons. The minimum absolute atomic E-state index is 0.119. The number of carbonyl (C=O) groups is 1. The van der Waals surface area contributed by atoms with E-state index >= 15 is 0 Å². The van der Waals surface area contributed by atoms with Crippen LogP contribution in [-0.2, 0) is 24.1 Å². The first kappa shape index (κ1) is 33.0. The van der Waals surface area contributed by atoms with Gasteiger partial charge in [0.2, 0.25) is 5.95 Å². The van der Waals surface area contributed by atoms with Gasteiger partial charge in [-0.25, -0.2) is 27.2 Å². The Morgan fingerprint density at radius 2 is 1.68 bits per heavy atom. The van der Waals surface area contributed by atoms with E-state index in [0.29, 0.717) is 46.7 Å². The van der Waals surface area contributed by atoms with Crippen LogP contribution in [0.15, 0.2) is 71.9 Å². The molecule has 2 aliphatic rings. The van der Waals surface area contributed by atoms with E-state index in [4.69, 9.17) is 19.0 Å². The number of aromatic nitrogens is 3. The lowest BCUT2D eigenvalue weighted by molar-refractivity contribution is 0.00578. The molecule has 2 aromatic carbocycles. The highest BCUT2D eigenvalue weighted by atomic mass is 32.2. The lowest BCUT2D eigenvalue weighted by Crippen LogP contribution is -2.47. The summed E-state index contributed by atoms with van der Waals surface area (Å²) in [5, 5.41) is 4.12. The smallest absolute Gasteiger partial charge is 0.444 e. The Morgan fingerprint density at radius 1 is 1.02 bits per heavy atom. The van der Waals surface area contributed by atoms with Crippen LogP contribution in [0.3, 0.4) is 0 Å². The number of anilines is 1. The fourth-order valence-electron chi connectivity index (χ4n) is 5.83. The molecule has 0 bridgehead atoms. The number of benzene rings is 2. The first-order valence-corrected chi connectivity index (χ1v) is 17.4. The molecule has 2 aromatic heterocycles. The maximum atomic E-state index is 13.9. The number of ether oxygens (including phenoxy) is 1. The number of carbonyl (C=O) groups excluding carboxylic acids is 1. The predicted octanol–water partition coefficient (Wildman–Crippen LogP) is 5.45. The zero-order valence-electron chi connectivity index (χ0n) is 28.0. The third-order valence-corrected chi connectivity index (χ3v) is 10.7. The number of rotatable bonds is 6. The van der Waals surface area contributed by atoms with Crippen molar-refractivity contribution in [1.82, 2.24) is 18.8 Å². The summed E-state index contributed by atoms with van der Waals surface area (Å²) in [6.45, 7) is 14.5. The minimum atomic E-state index is -3.94. The molecule has 47 heavy (non-hydrogen) atoms. The molecule has 4 heterocycles. The second-order valence-corrected chi connectivity index (χ2v) is 16.0. The summed E-state index contributed by atoms with van der Waals surface area (Å²) < 4.78 is 47.6. The molecule has 6 rings (SSSR count). The highest BCUT2D eigenvalue weighted by molar-refractivity contribution is 7.90. The van der Waals surface area contributed by atoms with E-state index in [1.807, 2.05) is 66.7 Å². The van der Waals surface area contributed by atoms with Crippen LogP contribution in [0.1, 0.15) is 61.3 Å². The molecule has 4 aromatic rings. The largest absolute Gasteiger partial charge is 0.498 e. The highest BCUT2D eigenvalue weighted by Crippen LogP contribution is 2.38. The van der Waals surface area contributed by atoms with Gasteiger partial charge in [0.05, 0.1) is 27.3 Å². The molecule has 11 nitrogen and oxygen atoms in total. The second-order valence-electron chi connectivity index (χ2n) is 14.2. The van der Waals surface area contributed by atoms with Crippen LogP contribution in [0.25, 0.3) is 22.2 Å². The number of hydrogen-bond acceptors (Lipinski definition) is 9. The predicted molar refractivity (Wildman–Crippen MR) is 182 cm³/mol. The first-order valence-electron chi connectivity index (χ1n) is 15.9. The van der Waals surface area contributed by atoms with Gasteiger partial charge in [0.25, 0.3) is 10.0 Å². The average molecular weight is 660 g/mol. The SMILES string of the molecule is CC(C)(C)OC(=O)N1CCC[C@H](Nc2ncc(B3OC(C)(C)C(C)(C)O3)c(-c3cn(S(=O)(=O)c4ccccc4)c4ccccc34)n2)C1. The third kappa shape index (κ3) is 6.48. The zero-order valence-corrected chi connectivity index (χ0v) is 28.8. The molecule has 13 heteroatoms. The molecule has 0 aliphatic carbocycles. The van der Waals surface area contributed by atoms with Crippen molar-refractivity contribution in [1.29, 1.82) is 0 Å². The van der Waals surface area contributed by atoms with Gasteiger partial charge in [0.1, 0.15) is 5.60 Å².